The molecule has 0 aromatic rings. The molecule has 0 fully saturated rings. The Morgan fingerprint density at radius 1 is 1.08 bits per heavy atom. The molecule has 0 aromatic heterocycles. The normalized spacial score (nSPS) is 32.4. The van der Waals surface area contributed by atoms with E-state index in [2.05, 4.69) is 39.8 Å². The zero-order valence-corrected chi connectivity index (χ0v) is 8.88. The van der Waals surface area contributed by atoms with Gasteiger partial charge in [-0.05, 0) is 36.5 Å². The van der Waals surface area contributed by atoms with Crippen LogP contribution in [0, 0.1) is 23.7 Å². The van der Waals surface area contributed by atoms with E-state index < -0.39 is 0 Å². The Hall–Kier alpha value is -0.260. The Morgan fingerprint density at radius 2 is 1.75 bits per heavy atom. The monoisotopic (exact) mass is 166 g/mol. The fourth-order valence-corrected chi connectivity index (χ4v) is 1.91. The highest BCUT2D eigenvalue weighted by Crippen LogP contribution is 2.31. The summed E-state index contributed by atoms with van der Waals surface area (Å²) >= 11 is 0. The molecule has 70 valence electrons. The third kappa shape index (κ3) is 2.36. The molecule has 12 heavy (non-hydrogen) atoms. The van der Waals surface area contributed by atoms with Gasteiger partial charge in [0, 0.05) is 0 Å². The van der Waals surface area contributed by atoms with Crippen molar-refractivity contribution in [3.05, 3.63) is 12.2 Å². The largest absolute Gasteiger partial charge is 0.0854 e. The number of rotatable bonds is 2. The third-order valence-corrected chi connectivity index (χ3v) is 3.37. The van der Waals surface area contributed by atoms with Crippen LogP contribution in [0.2, 0.25) is 0 Å². The van der Waals surface area contributed by atoms with Crippen molar-refractivity contribution < 1.29 is 0 Å². The second kappa shape index (κ2) is 4.11. The molecule has 1 rings (SSSR count). The van der Waals surface area contributed by atoms with E-state index in [0.29, 0.717) is 0 Å². The van der Waals surface area contributed by atoms with Crippen molar-refractivity contribution in [2.45, 2.75) is 40.5 Å². The van der Waals surface area contributed by atoms with E-state index in [-0.39, 0.29) is 0 Å². The van der Waals surface area contributed by atoms with E-state index in [1.165, 1.54) is 12.8 Å². The van der Waals surface area contributed by atoms with Crippen molar-refractivity contribution >= 4 is 0 Å². The van der Waals surface area contributed by atoms with Gasteiger partial charge in [-0.2, -0.15) is 0 Å². The summed E-state index contributed by atoms with van der Waals surface area (Å²) in [5.74, 6) is 3.35. The molecule has 0 saturated heterocycles. The van der Waals surface area contributed by atoms with E-state index in [1.807, 2.05) is 0 Å². The standard InChI is InChI=1S/C12H22/c1-9(2)11(4)12-7-5-10(3)6-8-12/h5,7,9-12H,6,8H2,1-4H3. The van der Waals surface area contributed by atoms with Crippen molar-refractivity contribution in [1.82, 2.24) is 0 Å². The number of hydrogen-bond acceptors (Lipinski definition) is 0. The minimum atomic E-state index is 0.820. The minimum absolute atomic E-state index is 0.820. The number of hydrogen-bond donors (Lipinski definition) is 0. The van der Waals surface area contributed by atoms with Gasteiger partial charge in [0.25, 0.3) is 0 Å². The first-order valence-electron chi connectivity index (χ1n) is 5.29. The van der Waals surface area contributed by atoms with Gasteiger partial charge in [0.05, 0.1) is 0 Å². The molecular formula is C12H22. The van der Waals surface area contributed by atoms with Crippen molar-refractivity contribution in [1.29, 1.82) is 0 Å². The summed E-state index contributed by atoms with van der Waals surface area (Å²) in [7, 11) is 0. The molecule has 1 aliphatic rings. The van der Waals surface area contributed by atoms with Crippen LogP contribution in [0.3, 0.4) is 0 Å². The zero-order chi connectivity index (χ0) is 9.14. The second-order valence-electron chi connectivity index (χ2n) is 4.71. The Kier molecular flexibility index (Phi) is 3.37. The smallest absolute Gasteiger partial charge is 0.0205 e. The summed E-state index contributed by atoms with van der Waals surface area (Å²) < 4.78 is 0. The molecule has 0 bridgehead atoms. The van der Waals surface area contributed by atoms with Crippen molar-refractivity contribution in [2.75, 3.05) is 0 Å². The first kappa shape index (κ1) is 9.83. The first-order chi connectivity index (χ1) is 5.61. The van der Waals surface area contributed by atoms with Crippen LogP contribution in [-0.4, -0.2) is 0 Å². The van der Waals surface area contributed by atoms with Gasteiger partial charge in [-0.3, -0.25) is 0 Å². The Balaban J connectivity index is 2.49. The highest BCUT2D eigenvalue weighted by atomic mass is 14.3. The molecule has 3 atom stereocenters. The third-order valence-electron chi connectivity index (χ3n) is 3.37. The Bertz CT molecular complexity index is 155. The maximum Gasteiger partial charge on any atom is -0.0205 e. The van der Waals surface area contributed by atoms with Crippen LogP contribution in [-0.2, 0) is 0 Å². The van der Waals surface area contributed by atoms with Crippen LogP contribution >= 0.6 is 0 Å². The van der Waals surface area contributed by atoms with Gasteiger partial charge in [0.2, 0.25) is 0 Å². The summed E-state index contributed by atoms with van der Waals surface area (Å²) in [6, 6.07) is 0. The lowest BCUT2D eigenvalue weighted by molar-refractivity contribution is 0.288. The molecule has 0 amide bonds. The van der Waals surface area contributed by atoms with Gasteiger partial charge in [0.15, 0.2) is 0 Å². The van der Waals surface area contributed by atoms with Crippen LogP contribution in [0.4, 0.5) is 0 Å². The van der Waals surface area contributed by atoms with E-state index in [4.69, 9.17) is 0 Å². The molecule has 0 heteroatoms. The molecule has 0 radical (unpaired) electrons. The van der Waals surface area contributed by atoms with Gasteiger partial charge in [-0.15, -0.1) is 0 Å². The number of allylic oxidation sites excluding steroid dienone is 2. The highest BCUT2D eigenvalue weighted by Gasteiger charge is 2.20. The summed E-state index contributed by atoms with van der Waals surface area (Å²) in [5.41, 5.74) is 0. The van der Waals surface area contributed by atoms with Gasteiger partial charge in [0.1, 0.15) is 0 Å². The van der Waals surface area contributed by atoms with Crippen LogP contribution in [0.25, 0.3) is 0 Å². The summed E-state index contributed by atoms with van der Waals surface area (Å²) in [4.78, 5) is 0. The van der Waals surface area contributed by atoms with Crippen LogP contribution in [0.1, 0.15) is 40.5 Å². The van der Waals surface area contributed by atoms with Crippen LogP contribution in [0.15, 0.2) is 12.2 Å². The Labute approximate surface area is 77.1 Å². The van der Waals surface area contributed by atoms with Gasteiger partial charge in [-0.1, -0.05) is 39.8 Å². The predicted octanol–water partition coefficient (Wildman–Crippen LogP) is 3.88. The maximum atomic E-state index is 2.44. The fourth-order valence-electron chi connectivity index (χ4n) is 1.91. The van der Waals surface area contributed by atoms with Gasteiger partial charge >= 0.3 is 0 Å². The topological polar surface area (TPSA) is 0 Å². The molecule has 0 heterocycles. The Morgan fingerprint density at radius 3 is 2.17 bits per heavy atom. The lowest BCUT2D eigenvalue weighted by Crippen LogP contribution is -2.18. The predicted molar refractivity (Wildman–Crippen MR) is 55.0 cm³/mol. The van der Waals surface area contributed by atoms with Crippen molar-refractivity contribution in [2.24, 2.45) is 23.7 Å². The highest BCUT2D eigenvalue weighted by molar-refractivity contribution is 4.98. The van der Waals surface area contributed by atoms with E-state index >= 15 is 0 Å². The quantitative estimate of drug-likeness (QED) is 0.546. The first-order valence-corrected chi connectivity index (χ1v) is 5.29. The van der Waals surface area contributed by atoms with E-state index in [0.717, 1.165) is 23.7 Å². The molecule has 1 aliphatic carbocycles. The summed E-state index contributed by atoms with van der Waals surface area (Å²) in [6.07, 6.45) is 7.63. The van der Waals surface area contributed by atoms with E-state index in [9.17, 15) is 0 Å². The molecule has 0 nitrogen and oxygen atoms in total. The maximum absolute atomic E-state index is 2.44. The molecule has 0 aromatic carbocycles. The van der Waals surface area contributed by atoms with E-state index in [1.54, 1.807) is 0 Å². The molecule has 0 saturated carbocycles. The molecule has 3 unspecified atom stereocenters. The van der Waals surface area contributed by atoms with Crippen molar-refractivity contribution in [3.63, 3.8) is 0 Å². The molecule has 0 N–H and O–H groups in total. The summed E-state index contributed by atoms with van der Waals surface area (Å²) in [5, 5.41) is 0. The lowest BCUT2D eigenvalue weighted by Gasteiger charge is -2.28. The van der Waals surface area contributed by atoms with Crippen molar-refractivity contribution in [3.8, 4) is 0 Å². The van der Waals surface area contributed by atoms with Crippen LogP contribution < -0.4 is 0 Å². The van der Waals surface area contributed by atoms with Gasteiger partial charge < -0.3 is 0 Å². The molecule has 0 spiro atoms. The minimum Gasteiger partial charge on any atom is -0.0854 e. The molecule has 0 aliphatic heterocycles. The lowest BCUT2D eigenvalue weighted by atomic mass is 9.78. The second-order valence-corrected chi connectivity index (χ2v) is 4.71. The molecular weight excluding hydrogens is 144 g/mol. The average Bonchev–Trinajstić information content (AvgIpc) is 2.04. The fraction of sp³-hybridized carbons (Fsp3) is 0.833. The summed E-state index contributed by atoms with van der Waals surface area (Å²) in [6.45, 7) is 9.36. The average molecular weight is 166 g/mol. The SMILES string of the molecule is CC1C=CC(C(C)C(C)C)CC1. The van der Waals surface area contributed by atoms with Crippen LogP contribution in [0.5, 0.6) is 0 Å². The zero-order valence-electron chi connectivity index (χ0n) is 8.88. The van der Waals surface area contributed by atoms with Gasteiger partial charge in [-0.25, -0.2) is 0 Å².